The minimum atomic E-state index is -0.788. The molecule has 0 saturated heterocycles. The van der Waals surface area contributed by atoms with Crippen LogP contribution in [0.5, 0.6) is 0 Å². The monoisotopic (exact) mass is 195 g/mol. The van der Waals surface area contributed by atoms with Gasteiger partial charge in [-0.05, 0) is 23.2 Å². The van der Waals surface area contributed by atoms with Gasteiger partial charge in [-0.3, -0.25) is 0 Å². The maximum absolute atomic E-state index is 10.5. The van der Waals surface area contributed by atoms with Gasteiger partial charge >= 0.3 is 0 Å². The Bertz CT molecular complexity index is 360. The lowest BCUT2D eigenvalue weighted by Crippen LogP contribution is -1.94. The molecule has 1 aromatic carbocycles. The molecule has 0 N–H and O–H groups in total. The zero-order valence-electron chi connectivity index (χ0n) is 6.59. The number of carbonyl (C=O) groups is 1. The SMILES string of the molecule is [N-]=[N+]=N[C@H](C=O)c1cccc(Cl)c1. The highest BCUT2D eigenvalue weighted by atomic mass is 35.5. The third-order valence-electron chi connectivity index (χ3n) is 1.50. The van der Waals surface area contributed by atoms with Crippen molar-refractivity contribution >= 4 is 17.9 Å². The molecule has 5 heteroatoms. The molecule has 0 aliphatic heterocycles. The molecule has 66 valence electrons. The molecule has 0 saturated carbocycles. The zero-order valence-corrected chi connectivity index (χ0v) is 7.35. The van der Waals surface area contributed by atoms with Crippen molar-refractivity contribution in [2.45, 2.75) is 6.04 Å². The van der Waals surface area contributed by atoms with Crippen LogP contribution in [-0.4, -0.2) is 6.29 Å². The second-order valence-corrected chi connectivity index (χ2v) is 2.78. The van der Waals surface area contributed by atoms with Gasteiger partial charge in [-0.25, -0.2) is 0 Å². The molecule has 1 atom stereocenters. The third-order valence-corrected chi connectivity index (χ3v) is 1.73. The van der Waals surface area contributed by atoms with E-state index in [-0.39, 0.29) is 0 Å². The molecule has 0 aliphatic rings. The number of rotatable bonds is 3. The van der Waals surface area contributed by atoms with Crippen LogP contribution < -0.4 is 0 Å². The first-order chi connectivity index (χ1) is 6.27. The van der Waals surface area contributed by atoms with Gasteiger partial charge in [-0.15, -0.1) is 0 Å². The van der Waals surface area contributed by atoms with E-state index in [0.717, 1.165) is 0 Å². The molecule has 0 aliphatic carbocycles. The molecular weight excluding hydrogens is 190 g/mol. The minimum absolute atomic E-state index is 0.512. The lowest BCUT2D eigenvalue weighted by atomic mass is 10.1. The van der Waals surface area contributed by atoms with Crippen LogP contribution in [0.3, 0.4) is 0 Å². The normalized spacial score (nSPS) is 11.5. The van der Waals surface area contributed by atoms with Gasteiger partial charge in [0.2, 0.25) is 0 Å². The summed E-state index contributed by atoms with van der Waals surface area (Å²) in [6.45, 7) is 0. The van der Waals surface area contributed by atoms with Crippen LogP contribution in [-0.2, 0) is 4.79 Å². The molecule has 0 unspecified atom stereocenters. The maximum Gasteiger partial charge on any atom is 0.133 e. The number of hydrogen-bond acceptors (Lipinski definition) is 2. The minimum Gasteiger partial charge on any atom is -0.303 e. The van der Waals surface area contributed by atoms with Crippen LogP contribution in [0, 0.1) is 0 Å². The first-order valence-electron chi connectivity index (χ1n) is 3.53. The van der Waals surface area contributed by atoms with E-state index in [0.29, 0.717) is 16.9 Å². The van der Waals surface area contributed by atoms with Gasteiger partial charge in [0.25, 0.3) is 0 Å². The Hall–Kier alpha value is -1.51. The van der Waals surface area contributed by atoms with Gasteiger partial charge in [-0.1, -0.05) is 28.8 Å². The number of nitrogens with zero attached hydrogens (tertiary/aromatic N) is 3. The van der Waals surface area contributed by atoms with E-state index in [4.69, 9.17) is 17.1 Å². The molecule has 4 nitrogen and oxygen atoms in total. The van der Waals surface area contributed by atoms with Crippen LogP contribution in [0.1, 0.15) is 11.6 Å². The Labute approximate surface area is 79.8 Å². The quantitative estimate of drug-likeness (QED) is 0.317. The molecule has 0 heterocycles. The fourth-order valence-corrected chi connectivity index (χ4v) is 1.12. The largest absolute Gasteiger partial charge is 0.303 e. The highest BCUT2D eigenvalue weighted by Crippen LogP contribution is 2.19. The van der Waals surface area contributed by atoms with E-state index in [9.17, 15) is 4.79 Å². The van der Waals surface area contributed by atoms with E-state index >= 15 is 0 Å². The summed E-state index contributed by atoms with van der Waals surface area (Å²) in [5.74, 6) is 0. The van der Waals surface area contributed by atoms with Crippen molar-refractivity contribution in [2.75, 3.05) is 0 Å². The zero-order chi connectivity index (χ0) is 9.68. The summed E-state index contributed by atoms with van der Waals surface area (Å²) in [5.41, 5.74) is 8.76. The van der Waals surface area contributed by atoms with Crippen LogP contribution in [0.25, 0.3) is 10.4 Å². The van der Waals surface area contributed by atoms with Crippen LogP contribution in [0.4, 0.5) is 0 Å². The summed E-state index contributed by atoms with van der Waals surface area (Å²) >= 11 is 5.70. The summed E-state index contributed by atoms with van der Waals surface area (Å²) in [4.78, 5) is 13.1. The number of azide groups is 1. The van der Waals surface area contributed by atoms with Gasteiger partial charge in [0.05, 0.1) is 0 Å². The second kappa shape index (κ2) is 4.50. The van der Waals surface area contributed by atoms with Crippen molar-refractivity contribution in [2.24, 2.45) is 5.11 Å². The number of aldehydes is 1. The molecule has 1 aromatic rings. The molecular formula is C8H6ClN3O. The third kappa shape index (κ3) is 2.47. The lowest BCUT2D eigenvalue weighted by Gasteiger charge is -2.02. The Morgan fingerprint density at radius 1 is 1.62 bits per heavy atom. The van der Waals surface area contributed by atoms with Crippen molar-refractivity contribution in [1.82, 2.24) is 0 Å². The Kier molecular flexibility index (Phi) is 3.31. The van der Waals surface area contributed by atoms with Crippen LogP contribution >= 0.6 is 11.6 Å². The van der Waals surface area contributed by atoms with E-state index in [1.165, 1.54) is 0 Å². The van der Waals surface area contributed by atoms with Gasteiger partial charge in [-0.2, -0.15) is 0 Å². The van der Waals surface area contributed by atoms with E-state index in [2.05, 4.69) is 10.0 Å². The molecule has 13 heavy (non-hydrogen) atoms. The highest BCUT2D eigenvalue weighted by Gasteiger charge is 2.07. The average molecular weight is 196 g/mol. The molecule has 0 bridgehead atoms. The first kappa shape index (κ1) is 9.58. The predicted molar refractivity (Wildman–Crippen MR) is 49.4 cm³/mol. The summed E-state index contributed by atoms with van der Waals surface area (Å²) in [6, 6.07) is 5.86. The Balaban J connectivity index is 3.04. The van der Waals surface area contributed by atoms with Crippen molar-refractivity contribution in [3.63, 3.8) is 0 Å². The topological polar surface area (TPSA) is 65.8 Å². The number of hydrogen-bond donors (Lipinski definition) is 0. The fraction of sp³-hybridized carbons (Fsp3) is 0.125. The van der Waals surface area contributed by atoms with E-state index in [1.54, 1.807) is 24.3 Å². The lowest BCUT2D eigenvalue weighted by molar-refractivity contribution is -0.108. The van der Waals surface area contributed by atoms with E-state index in [1.807, 2.05) is 0 Å². The number of carbonyl (C=O) groups excluding carboxylic acids is 1. The number of benzene rings is 1. The first-order valence-corrected chi connectivity index (χ1v) is 3.90. The summed E-state index contributed by atoms with van der Waals surface area (Å²) < 4.78 is 0. The van der Waals surface area contributed by atoms with Gasteiger partial charge in [0.15, 0.2) is 0 Å². The van der Waals surface area contributed by atoms with Gasteiger partial charge in [0.1, 0.15) is 12.3 Å². The molecule has 0 amide bonds. The van der Waals surface area contributed by atoms with Crippen LogP contribution in [0.15, 0.2) is 29.4 Å². The second-order valence-electron chi connectivity index (χ2n) is 2.34. The van der Waals surface area contributed by atoms with E-state index < -0.39 is 6.04 Å². The Morgan fingerprint density at radius 2 is 2.38 bits per heavy atom. The van der Waals surface area contributed by atoms with Crippen molar-refractivity contribution in [3.8, 4) is 0 Å². The Morgan fingerprint density at radius 3 is 2.92 bits per heavy atom. The fourth-order valence-electron chi connectivity index (χ4n) is 0.919. The van der Waals surface area contributed by atoms with Crippen molar-refractivity contribution in [1.29, 1.82) is 0 Å². The standard InChI is InChI=1S/C8H6ClN3O/c9-7-3-1-2-6(4-7)8(5-13)11-12-10/h1-5,8H/t8-/m1/s1. The smallest absolute Gasteiger partial charge is 0.133 e. The number of halogens is 1. The summed E-state index contributed by atoms with van der Waals surface area (Å²) in [6.07, 6.45) is 0.575. The van der Waals surface area contributed by atoms with Gasteiger partial charge < -0.3 is 4.79 Å². The average Bonchev–Trinajstić information content (AvgIpc) is 2.14. The predicted octanol–water partition coefficient (Wildman–Crippen LogP) is 2.89. The molecule has 1 rings (SSSR count). The summed E-state index contributed by atoms with van der Waals surface area (Å²) in [7, 11) is 0. The maximum atomic E-state index is 10.5. The highest BCUT2D eigenvalue weighted by molar-refractivity contribution is 6.30. The van der Waals surface area contributed by atoms with Crippen molar-refractivity contribution in [3.05, 3.63) is 45.3 Å². The van der Waals surface area contributed by atoms with Crippen LogP contribution in [0.2, 0.25) is 5.02 Å². The summed E-state index contributed by atoms with van der Waals surface area (Å²) in [5, 5.41) is 3.82. The van der Waals surface area contributed by atoms with Crippen molar-refractivity contribution < 1.29 is 4.79 Å². The molecule has 0 radical (unpaired) electrons. The molecule has 0 aromatic heterocycles. The molecule has 0 spiro atoms. The molecule has 0 fully saturated rings. The van der Waals surface area contributed by atoms with Gasteiger partial charge in [0, 0.05) is 9.93 Å².